The summed E-state index contributed by atoms with van der Waals surface area (Å²) in [7, 11) is -1.84. The second kappa shape index (κ2) is 10.9. The summed E-state index contributed by atoms with van der Waals surface area (Å²) in [4.78, 5) is 20.5. The molecule has 1 heterocycles. The molecule has 1 amide bonds. The van der Waals surface area contributed by atoms with E-state index in [0.717, 1.165) is 40.9 Å². The van der Waals surface area contributed by atoms with Crippen molar-refractivity contribution in [2.75, 3.05) is 4.90 Å². The second-order valence-corrected chi connectivity index (χ2v) is 12.9. The molecule has 0 radical (unpaired) electrons. The number of hydrogen-bond donors (Lipinski definition) is 1. The lowest BCUT2D eigenvalue weighted by Crippen LogP contribution is -2.34. The first-order chi connectivity index (χ1) is 19.7. The van der Waals surface area contributed by atoms with Crippen LogP contribution in [0.3, 0.4) is 0 Å². The predicted octanol–water partition coefficient (Wildman–Crippen LogP) is 5.56. The molecule has 41 heavy (non-hydrogen) atoms. The van der Waals surface area contributed by atoms with E-state index >= 15 is 0 Å². The average Bonchev–Trinajstić information content (AvgIpc) is 3.66. The number of anilines is 1. The van der Waals surface area contributed by atoms with Crippen LogP contribution in [0.4, 0.5) is 10.1 Å². The molecule has 1 saturated carbocycles. The van der Waals surface area contributed by atoms with Crippen LogP contribution >= 0.6 is 0 Å². The molecule has 0 bridgehead atoms. The Balaban J connectivity index is 1.31. The third-order valence-corrected chi connectivity index (χ3v) is 9.71. The molecule has 6 rings (SSSR count). The molecule has 9 heteroatoms. The molecule has 0 spiro atoms. The number of sulfonamides is 1. The molecular formula is C32H33FN4O3S. The quantitative estimate of drug-likeness (QED) is 0.300. The Morgan fingerprint density at radius 1 is 1.12 bits per heavy atom. The van der Waals surface area contributed by atoms with Gasteiger partial charge in [-0.15, -0.1) is 0 Å². The Hall–Kier alpha value is -3.82. The molecular weight excluding hydrogens is 539 g/mol. The van der Waals surface area contributed by atoms with Gasteiger partial charge >= 0.3 is 0 Å². The Kier molecular flexibility index (Phi) is 7.25. The fourth-order valence-corrected chi connectivity index (χ4v) is 7.20. The number of carbonyl (C=O) groups is 1. The van der Waals surface area contributed by atoms with Crippen LogP contribution in [-0.2, 0) is 34.8 Å². The zero-order chi connectivity index (χ0) is 28.7. The molecule has 2 aliphatic rings. The minimum absolute atomic E-state index is 0.0185. The minimum atomic E-state index is -3.74. The average molecular weight is 573 g/mol. The van der Waals surface area contributed by atoms with E-state index in [-0.39, 0.29) is 35.0 Å². The number of benzene rings is 3. The normalized spacial score (nSPS) is 19.9. The number of nitrogens with zero attached hydrogens (tertiary/aromatic N) is 3. The van der Waals surface area contributed by atoms with Gasteiger partial charge in [-0.2, -0.15) is 0 Å². The Morgan fingerprint density at radius 2 is 1.93 bits per heavy atom. The van der Waals surface area contributed by atoms with Crippen LogP contribution in [0.25, 0.3) is 0 Å². The highest BCUT2D eigenvalue weighted by Crippen LogP contribution is 2.49. The number of imidazole rings is 1. The van der Waals surface area contributed by atoms with E-state index < -0.39 is 16.1 Å². The van der Waals surface area contributed by atoms with Crippen molar-refractivity contribution in [3.8, 4) is 0 Å². The van der Waals surface area contributed by atoms with E-state index in [0.29, 0.717) is 18.5 Å². The molecule has 0 unspecified atom stereocenters. The molecule has 2 aliphatic carbocycles. The summed E-state index contributed by atoms with van der Waals surface area (Å²) < 4.78 is 44.9. The number of nitrogens with one attached hydrogen (secondary N) is 1. The van der Waals surface area contributed by atoms with Gasteiger partial charge in [0.25, 0.3) is 0 Å². The van der Waals surface area contributed by atoms with Crippen molar-refractivity contribution in [2.24, 2.45) is 13.0 Å². The van der Waals surface area contributed by atoms with Gasteiger partial charge < -0.3 is 9.47 Å². The van der Waals surface area contributed by atoms with E-state index in [1.807, 2.05) is 49.0 Å². The summed E-state index contributed by atoms with van der Waals surface area (Å²) in [5.74, 6) is 0.253. The summed E-state index contributed by atoms with van der Waals surface area (Å²) in [5, 5.41) is 0. The largest absolute Gasteiger partial charge is 0.337 e. The first kappa shape index (κ1) is 27.4. The third kappa shape index (κ3) is 5.69. The smallest absolute Gasteiger partial charge is 0.241 e. The highest BCUT2D eigenvalue weighted by Gasteiger charge is 2.46. The van der Waals surface area contributed by atoms with Gasteiger partial charge in [0.2, 0.25) is 15.9 Å². The molecule has 3 aromatic carbocycles. The van der Waals surface area contributed by atoms with Gasteiger partial charge in [0.05, 0.1) is 11.4 Å². The lowest BCUT2D eigenvalue weighted by Gasteiger charge is -2.29. The number of fused-ring (bicyclic) bond motifs is 1. The fourth-order valence-electron chi connectivity index (χ4n) is 5.85. The monoisotopic (exact) mass is 572 g/mol. The van der Waals surface area contributed by atoms with E-state index in [4.69, 9.17) is 0 Å². The molecule has 7 nitrogen and oxygen atoms in total. The lowest BCUT2D eigenvalue weighted by molar-refractivity contribution is -0.120. The maximum Gasteiger partial charge on any atom is 0.241 e. The summed E-state index contributed by atoms with van der Waals surface area (Å²) in [6, 6.07) is 18.8. The summed E-state index contributed by atoms with van der Waals surface area (Å²) in [6.07, 6.45) is 6.64. The van der Waals surface area contributed by atoms with Crippen LogP contribution in [-0.4, -0.2) is 23.9 Å². The van der Waals surface area contributed by atoms with Crippen molar-refractivity contribution in [1.29, 1.82) is 0 Å². The van der Waals surface area contributed by atoms with Crippen molar-refractivity contribution in [2.45, 2.75) is 56.0 Å². The van der Waals surface area contributed by atoms with E-state index in [1.54, 1.807) is 41.4 Å². The van der Waals surface area contributed by atoms with Crippen molar-refractivity contribution >= 4 is 21.6 Å². The Labute approximate surface area is 240 Å². The topological polar surface area (TPSA) is 84.3 Å². The molecule has 1 aromatic heterocycles. The molecule has 3 atom stereocenters. The number of hydrogen-bond acceptors (Lipinski definition) is 4. The van der Waals surface area contributed by atoms with Gasteiger partial charge in [-0.05, 0) is 97.2 Å². The van der Waals surface area contributed by atoms with Crippen molar-refractivity contribution < 1.29 is 17.6 Å². The number of aryl methyl sites for hydroxylation is 3. The Bertz CT molecular complexity index is 1700. The van der Waals surface area contributed by atoms with E-state index in [2.05, 4.69) is 9.71 Å². The molecule has 212 valence electrons. The molecule has 1 N–H and O–H groups in total. The molecule has 0 aliphatic heterocycles. The number of rotatable bonds is 8. The standard InChI is InChI=1S/C32H33FN4O3S/c1-21-5-3-7-26(17-21)41(39,40)35-30-8-4-6-22-11-14-25(18-28(22)30)37(20-31-34-15-16-36(31)2)32(38)29-19-27(29)23-9-12-24(33)13-10-23/h3,5,7,9-18,27,29-30,35H,4,6,8,19-20H2,1-2H3/t27-,29-,30-/m0/s1. The van der Waals surface area contributed by atoms with E-state index in [1.165, 1.54) is 12.1 Å². The first-order valence-electron chi connectivity index (χ1n) is 13.9. The van der Waals surface area contributed by atoms with Crippen molar-refractivity contribution in [3.05, 3.63) is 113 Å². The number of aromatic nitrogens is 2. The molecule has 0 saturated heterocycles. The fraction of sp³-hybridized carbons (Fsp3) is 0.312. The Morgan fingerprint density at radius 3 is 2.66 bits per heavy atom. The zero-order valence-corrected chi connectivity index (χ0v) is 23.9. The number of carbonyl (C=O) groups excluding carboxylic acids is 1. The van der Waals surface area contributed by atoms with Gasteiger partial charge in [0.15, 0.2) is 0 Å². The zero-order valence-electron chi connectivity index (χ0n) is 23.1. The van der Waals surface area contributed by atoms with Crippen LogP contribution < -0.4 is 9.62 Å². The maximum absolute atomic E-state index is 14.0. The number of amides is 1. The van der Waals surface area contributed by atoms with Crippen LogP contribution in [0.2, 0.25) is 0 Å². The maximum atomic E-state index is 14.0. The minimum Gasteiger partial charge on any atom is -0.337 e. The SMILES string of the molecule is Cc1cccc(S(=O)(=O)N[C@H]2CCCc3ccc(N(Cc4nccn4C)C(=O)[C@H]4C[C@H]4c4ccc(F)cc4)cc32)c1. The van der Waals surface area contributed by atoms with Crippen LogP contribution in [0.5, 0.6) is 0 Å². The highest BCUT2D eigenvalue weighted by molar-refractivity contribution is 7.89. The first-order valence-corrected chi connectivity index (χ1v) is 15.4. The van der Waals surface area contributed by atoms with Crippen LogP contribution in [0.1, 0.15) is 59.3 Å². The molecule has 1 fully saturated rings. The van der Waals surface area contributed by atoms with Gasteiger partial charge in [-0.1, -0.05) is 30.3 Å². The van der Waals surface area contributed by atoms with E-state index in [9.17, 15) is 17.6 Å². The van der Waals surface area contributed by atoms with Crippen molar-refractivity contribution in [1.82, 2.24) is 14.3 Å². The lowest BCUT2D eigenvalue weighted by atomic mass is 9.87. The summed E-state index contributed by atoms with van der Waals surface area (Å²) in [5.41, 5.74) is 4.52. The van der Waals surface area contributed by atoms with Gasteiger partial charge in [0, 0.05) is 37.1 Å². The second-order valence-electron chi connectivity index (χ2n) is 11.1. The molecule has 4 aromatic rings. The number of halogens is 1. The van der Waals surface area contributed by atoms with Gasteiger partial charge in [-0.3, -0.25) is 4.79 Å². The van der Waals surface area contributed by atoms with Gasteiger partial charge in [-0.25, -0.2) is 22.5 Å². The highest BCUT2D eigenvalue weighted by atomic mass is 32.2. The van der Waals surface area contributed by atoms with Gasteiger partial charge in [0.1, 0.15) is 11.6 Å². The third-order valence-electron chi connectivity index (χ3n) is 8.25. The van der Waals surface area contributed by atoms with Crippen LogP contribution in [0, 0.1) is 18.7 Å². The summed E-state index contributed by atoms with van der Waals surface area (Å²) >= 11 is 0. The predicted molar refractivity (Wildman–Crippen MR) is 155 cm³/mol. The van der Waals surface area contributed by atoms with Crippen LogP contribution in [0.15, 0.2) is 84.0 Å². The van der Waals surface area contributed by atoms with Crippen molar-refractivity contribution in [3.63, 3.8) is 0 Å². The summed E-state index contributed by atoms with van der Waals surface area (Å²) in [6.45, 7) is 2.16.